The van der Waals surface area contributed by atoms with Gasteiger partial charge < -0.3 is 9.15 Å². The highest BCUT2D eigenvalue weighted by Crippen LogP contribution is 2.25. The number of rotatable bonds is 5. The van der Waals surface area contributed by atoms with Crippen molar-refractivity contribution < 1.29 is 13.9 Å². The first kappa shape index (κ1) is 19.0. The van der Waals surface area contributed by atoms with Gasteiger partial charge in [-0.3, -0.25) is 14.2 Å². The Balaban J connectivity index is 1.48. The van der Waals surface area contributed by atoms with Gasteiger partial charge in [-0.15, -0.1) is 21.5 Å². The standard InChI is InChI=1S/C20H18N4O4S/c1-11-13(3)29-19-16(11)20(26)24(10-21-19)9-15(25)27-12(2)17-22-23-18(28-17)14-7-5-4-6-8-14/h4-8,10,12H,9H2,1-3H3/t12-/m1/s1. The number of benzene rings is 1. The van der Waals surface area contributed by atoms with Gasteiger partial charge in [0.05, 0.1) is 11.7 Å². The molecule has 9 heteroatoms. The van der Waals surface area contributed by atoms with Crippen LogP contribution in [0, 0.1) is 13.8 Å². The molecule has 4 aromatic rings. The maximum absolute atomic E-state index is 12.7. The predicted octanol–water partition coefficient (Wildman–Crippen LogP) is 3.43. The van der Waals surface area contributed by atoms with E-state index in [9.17, 15) is 9.59 Å². The molecule has 0 fully saturated rings. The van der Waals surface area contributed by atoms with Gasteiger partial charge in [-0.05, 0) is 38.5 Å². The fourth-order valence-electron chi connectivity index (χ4n) is 2.90. The van der Waals surface area contributed by atoms with Gasteiger partial charge in [0.1, 0.15) is 11.4 Å². The lowest BCUT2D eigenvalue weighted by Gasteiger charge is -2.10. The summed E-state index contributed by atoms with van der Waals surface area (Å²) in [6, 6.07) is 9.30. The largest absolute Gasteiger partial charge is 0.451 e. The lowest BCUT2D eigenvalue weighted by molar-refractivity contribution is -0.150. The molecule has 8 nitrogen and oxygen atoms in total. The summed E-state index contributed by atoms with van der Waals surface area (Å²) in [7, 11) is 0. The second kappa shape index (κ2) is 7.59. The molecule has 0 aliphatic heterocycles. The van der Waals surface area contributed by atoms with Gasteiger partial charge in [-0.1, -0.05) is 18.2 Å². The molecule has 0 radical (unpaired) electrons. The zero-order chi connectivity index (χ0) is 20.5. The van der Waals surface area contributed by atoms with Gasteiger partial charge in [0.25, 0.3) is 11.4 Å². The maximum Gasteiger partial charge on any atom is 0.326 e. The molecule has 0 N–H and O–H groups in total. The zero-order valence-corrected chi connectivity index (χ0v) is 16.9. The Kier molecular flexibility index (Phi) is 4.98. The van der Waals surface area contributed by atoms with E-state index in [-0.39, 0.29) is 18.0 Å². The number of aryl methyl sites for hydroxylation is 2. The average Bonchev–Trinajstić information content (AvgIpc) is 3.31. The smallest absolute Gasteiger partial charge is 0.326 e. The molecule has 1 aromatic carbocycles. The number of ether oxygens (including phenoxy) is 1. The van der Waals surface area contributed by atoms with E-state index in [4.69, 9.17) is 9.15 Å². The van der Waals surface area contributed by atoms with Gasteiger partial charge in [-0.2, -0.15) is 0 Å². The minimum Gasteiger partial charge on any atom is -0.451 e. The van der Waals surface area contributed by atoms with Crippen molar-refractivity contribution in [3.8, 4) is 11.5 Å². The van der Waals surface area contributed by atoms with Gasteiger partial charge in [-0.25, -0.2) is 4.98 Å². The Hall–Kier alpha value is -3.33. The number of nitrogens with zero attached hydrogens (tertiary/aromatic N) is 4. The summed E-state index contributed by atoms with van der Waals surface area (Å²) in [5, 5.41) is 8.48. The monoisotopic (exact) mass is 410 g/mol. The molecule has 0 unspecified atom stereocenters. The third-order valence-electron chi connectivity index (χ3n) is 4.57. The van der Waals surface area contributed by atoms with Crippen LogP contribution in [0.25, 0.3) is 21.7 Å². The van der Waals surface area contributed by atoms with Crippen molar-refractivity contribution in [1.82, 2.24) is 19.7 Å². The molecular formula is C20H18N4O4S. The van der Waals surface area contributed by atoms with Crippen molar-refractivity contribution in [2.45, 2.75) is 33.4 Å². The van der Waals surface area contributed by atoms with E-state index < -0.39 is 12.1 Å². The third kappa shape index (κ3) is 3.68. The van der Waals surface area contributed by atoms with Crippen molar-refractivity contribution in [3.05, 3.63) is 63.3 Å². The van der Waals surface area contributed by atoms with Crippen LogP contribution in [0.3, 0.4) is 0 Å². The fraction of sp³-hybridized carbons (Fsp3) is 0.250. The van der Waals surface area contributed by atoms with Gasteiger partial charge in [0.2, 0.25) is 5.89 Å². The first-order valence-corrected chi connectivity index (χ1v) is 9.79. The topological polar surface area (TPSA) is 100 Å². The Morgan fingerprint density at radius 2 is 2.00 bits per heavy atom. The average molecular weight is 410 g/mol. The maximum atomic E-state index is 12.7. The summed E-state index contributed by atoms with van der Waals surface area (Å²) >= 11 is 1.46. The van der Waals surface area contributed by atoms with E-state index in [1.54, 1.807) is 6.92 Å². The van der Waals surface area contributed by atoms with E-state index in [2.05, 4.69) is 15.2 Å². The van der Waals surface area contributed by atoms with Crippen LogP contribution in [-0.4, -0.2) is 25.7 Å². The van der Waals surface area contributed by atoms with E-state index in [1.807, 2.05) is 44.2 Å². The number of carbonyl (C=O) groups is 1. The number of thiophene rings is 1. The normalized spacial score (nSPS) is 12.2. The first-order valence-electron chi connectivity index (χ1n) is 8.97. The van der Waals surface area contributed by atoms with Crippen LogP contribution in [0.4, 0.5) is 0 Å². The quantitative estimate of drug-likeness (QED) is 0.465. The lowest BCUT2D eigenvalue weighted by Crippen LogP contribution is -2.26. The number of esters is 1. The van der Waals surface area contributed by atoms with E-state index >= 15 is 0 Å². The van der Waals surface area contributed by atoms with Crippen molar-refractivity contribution in [3.63, 3.8) is 0 Å². The van der Waals surface area contributed by atoms with Gasteiger partial charge in [0.15, 0.2) is 6.10 Å². The molecule has 4 rings (SSSR count). The molecule has 29 heavy (non-hydrogen) atoms. The summed E-state index contributed by atoms with van der Waals surface area (Å²) in [6.45, 7) is 5.20. The third-order valence-corrected chi connectivity index (χ3v) is 5.69. The summed E-state index contributed by atoms with van der Waals surface area (Å²) in [4.78, 5) is 31.0. The Morgan fingerprint density at radius 1 is 1.24 bits per heavy atom. The number of carbonyl (C=O) groups excluding carboxylic acids is 1. The van der Waals surface area contributed by atoms with Crippen LogP contribution in [0.1, 0.15) is 29.4 Å². The van der Waals surface area contributed by atoms with Crippen molar-refractivity contribution >= 4 is 27.5 Å². The number of hydrogen-bond donors (Lipinski definition) is 0. The molecule has 0 aliphatic carbocycles. The molecule has 0 bridgehead atoms. The summed E-state index contributed by atoms with van der Waals surface area (Å²) in [6.07, 6.45) is 0.622. The summed E-state index contributed by atoms with van der Waals surface area (Å²) in [5.41, 5.74) is 1.40. The fourth-order valence-corrected chi connectivity index (χ4v) is 3.89. The SMILES string of the molecule is Cc1sc2ncn(CC(=O)O[C@H](C)c3nnc(-c4ccccc4)o3)c(=O)c2c1C. The number of fused-ring (bicyclic) bond motifs is 1. The van der Waals surface area contributed by atoms with Crippen LogP contribution in [0.2, 0.25) is 0 Å². The van der Waals surface area contributed by atoms with Crippen molar-refractivity contribution in [2.75, 3.05) is 0 Å². The Bertz CT molecular complexity index is 1240. The van der Waals surface area contributed by atoms with E-state index in [1.165, 1.54) is 22.2 Å². The Labute approximate surface area is 169 Å². The zero-order valence-electron chi connectivity index (χ0n) is 16.1. The molecule has 1 atom stereocenters. The van der Waals surface area contributed by atoms with Gasteiger partial charge >= 0.3 is 5.97 Å². The van der Waals surface area contributed by atoms with Crippen LogP contribution < -0.4 is 5.56 Å². The molecule has 3 aromatic heterocycles. The van der Waals surface area contributed by atoms with Crippen LogP contribution in [0.5, 0.6) is 0 Å². The summed E-state index contributed by atoms with van der Waals surface area (Å²) in [5.74, 6) is -0.0649. The molecule has 148 valence electrons. The molecule has 0 saturated heterocycles. The molecule has 0 amide bonds. The molecule has 0 aliphatic rings. The van der Waals surface area contributed by atoms with Crippen LogP contribution in [-0.2, 0) is 16.1 Å². The van der Waals surface area contributed by atoms with Crippen molar-refractivity contribution in [1.29, 1.82) is 0 Å². The van der Waals surface area contributed by atoms with E-state index in [0.717, 1.165) is 16.0 Å². The highest BCUT2D eigenvalue weighted by atomic mass is 32.1. The molecular weight excluding hydrogens is 392 g/mol. The second-order valence-electron chi connectivity index (χ2n) is 6.58. The highest BCUT2D eigenvalue weighted by Gasteiger charge is 2.20. The first-order chi connectivity index (χ1) is 13.9. The minimum atomic E-state index is -0.745. The molecule has 0 saturated carbocycles. The van der Waals surface area contributed by atoms with E-state index in [0.29, 0.717) is 16.1 Å². The predicted molar refractivity (Wildman–Crippen MR) is 108 cm³/mol. The van der Waals surface area contributed by atoms with Crippen molar-refractivity contribution in [2.24, 2.45) is 0 Å². The molecule has 3 heterocycles. The van der Waals surface area contributed by atoms with Gasteiger partial charge in [0, 0.05) is 10.4 Å². The lowest BCUT2D eigenvalue weighted by atomic mass is 10.2. The highest BCUT2D eigenvalue weighted by molar-refractivity contribution is 7.18. The minimum absolute atomic E-state index is 0.183. The Morgan fingerprint density at radius 3 is 2.76 bits per heavy atom. The number of hydrogen-bond acceptors (Lipinski definition) is 8. The van der Waals surface area contributed by atoms with Crippen LogP contribution in [0.15, 0.2) is 45.9 Å². The summed E-state index contributed by atoms with van der Waals surface area (Å²) < 4.78 is 12.2. The number of aromatic nitrogens is 4. The van der Waals surface area contributed by atoms with Crippen LogP contribution >= 0.6 is 11.3 Å². The second-order valence-corrected chi connectivity index (χ2v) is 7.79. The molecule has 0 spiro atoms.